The van der Waals surface area contributed by atoms with E-state index < -0.39 is 22.8 Å². The molecule has 4 aromatic rings. The number of nitro benzene ring substituents is 1. The van der Waals surface area contributed by atoms with Gasteiger partial charge in [0.05, 0.1) is 23.2 Å². The molecule has 0 radical (unpaired) electrons. The van der Waals surface area contributed by atoms with E-state index in [2.05, 4.69) is 4.98 Å². The van der Waals surface area contributed by atoms with Gasteiger partial charge in [0.1, 0.15) is 11.3 Å². The molecule has 0 aliphatic heterocycles. The van der Waals surface area contributed by atoms with Crippen LogP contribution in [0.5, 0.6) is 5.75 Å². The van der Waals surface area contributed by atoms with Crippen LogP contribution in [0.15, 0.2) is 59.0 Å². The first-order chi connectivity index (χ1) is 16.8. The van der Waals surface area contributed by atoms with E-state index >= 15 is 0 Å². The van der Waals surface area contributed by atoms with Crippen molar-refractivity contribution < 1.29 is 33.9 Å². The normalized spacial score (nSPS) is 11.2. The number of oxazole rings is 1. The van der Waals surface area contributed by atoms with Crippen molar-refractivity contribution in [2.75, 3.05) is 6.61 Å². The maximum Gasteiger partial charge on any atom is 0.317 e. The van der Waals surface area contributed by atoms with E-state index in [-0.39, 0.29) is 18.0 Å². The fraction of sp³-hybridized carbons (Fsp3) is 0.240. The number of benzene rings is 3. The molecule has 0 aliphatic carbocycles. The van der Waals surface area contributed by atoms with Crippen molar-refractivity contribution in [1.82, 2.24) is 4.98 Å². The van der Waals surface area contributed by atoms with Gasteiger partial charge in [-0.05, 0) is 41.8 Å². The maximum absolute atomic E-state index is 11.1. The Kier molecular flexibility index (Phi) is 6.91. The van der Waals surface area contributed by atoms with Crippen molar-refractivity contribution >= 4 is 39.5 Å². The second-order valence-corrected chi connectivity index (χ2v) is 8.05. The first kappa shape index (κ1) is 23.7. The van der Waals surface area contributed by atoms with Crippen LogP contribution in [-0.2, 0) is 9.59 Å². The Labute approximate surface area is 198 Å². The van der Waals surface area contributed by atoms with Crippen LogP contribution in [0.3, 0.4) is 0 Å². The number of carboxylic acid groups (broad SMARTS) is 2. The molecule has 1 aromatic heterocycles. The molecule has 0 bridgehead atoms. The highest BCUT2D eigenvalue weighted by atomic mass is 16.6. The number of non-ortho nitro benzene ring substituents is 1. The summed E-state index contributed by atoms with van der Waals surface area (Å²) in [5.41, 5.74) is 1.28. The Hall–Kier alpha value is -4.47. The lowest BCUT2D eigenvalue weighted by Crippen LogP contribution is -2.23. The van der Waals surface area contributed by atoms with Crippen LogP contribution in [0, 0.1) is 16.0 Å². The average molecular weight is 478 g/mol. The van der Waals surface area contributed by atoms with E-state index in [0.717, 1.165) is 10.8 Å². The summed E-state index contributed by atoms with van der Waals surface area (Å²) in [5.74, 6) is -3.28. The Morgan fingerprint density at radius 1 is 1.00 bits per heavy atom. The fourth-order valence-corrected chi connectivity index (χ4v) is 3.81. The summed E-state index contributed by atoms with van der Waals surface area (Å²) >= 11 is 0. The van der Waals surface area contributed by atoms with Gasteiger partial charge in [0.15, 0.2) is 11.5 Å². The average Bonchev–Trinajstić information content (AvgIpc) is 3.25. The highest BCUT2D eigenvalue weighted by molar-refractivity contribution is 5.93. The molecule has 35 heavy (non-hydrogen) atoms. The third-order valence-corrected chi connectivity index (χ3v) is 5.65. The van der Waals surface area contributed by atoms with Crippen LogP contribution in [0.4, 0.5) is 5.69 Å². The Morgan fingerprint density at radius 3 is 2.40 bits per heavy atom. The molecule has 4 rings (SSSR count). The first-order valence-corrected chi connectivity index (χ1v) is 11.0. The van der Waals surface area contributed by atoms with E-state index in [9.17, 15) is 19.7 Å². The Morgan fingerprint density at radius 2 is 1.71 bits per heavy atom. The topological polar surface area (TPSA) is 153 Å². The third-order valence-electron chi connectivity index (χ3n) is 5.65. The second kappa shape index (κ2) is 10.2. The number of carbonyl (C=O) groups is 2. The third kappa shape index (κ3) is 5.37. The van der Waals surface area contributed by atoms with Gasteiger partial charge in [0.2, 0.25) is 5.89 Å². The molecule has 0 atom stereocenters. The lowest BCUT2D eigenvalue weighted by molar-refractivity contribution is -0.384. The summed E-state index contributed by atoms with van der Waals surface area (Å²) in [6.07, 6.45) is 1.70. The first-order valence-electron chi connectivity index (χ1n) is 11.0. The number of ether oxygens (including phenoxy) is 1. The highest BCUT2D eigenvalue weighted by Gasteiger charge is 2.24. The zero-order chi connectivity index (χ0) is 24.9. The molecule has 0 aliphatic rings. The zero-order valence-electron chi connectivity index (χ0n) is 18.5. The van der Waals surface area contributed by atoms with Crippen LogP contribution in [0.1, 0.15) is 25.7 Å². The van der Waals surface area contributed by atoms with Gasteiger partial charge in [-0.15, -0.1) is 0 Å². The summed E-state index contributed by atoms with van der Waals surface area (Å²) in [6.45, 7) is 0.321. The molecule has 0 saturated carbocycles. The monoisotopic (exact) mass is 478 g/mol. The number of hydrogen-bond donors (Lipinski definition) is 2. The number of hydrogen-bond acceptors (Lipinski definition) is 7. The predicted octanol–water partition coefficient (Wildman–Crippen LogP) is 5.28. The van der Waals surface area contributed by atoms with Crippen LogP contribution in [0.2, 0.25) is 0 Å². The molecule has 0 amide bonds. The summed E-state index contributed by atoms with van der Waals surface area (Å²) in [6, 6.07) is 15.7. The van der Waals surface area contributed by atoms with Crippen molar-refractivity contribution in [2.24, 2.45) is 5.92 Å². The fourth-order valence-electron chi connectivity index (χ4n) is 3.81. The van der Waals surface area contributed by atoms with Gasteiger partial charge in [-0.3, -0.25) is 19.7 Å². The zero-order valence-corrected chi connectivity index (χ0v) is 18.5. The highest BCUT2D eigenvalue weighted by Crippen LogP contribution is 2.36. The van der Waals surface area contributed by atoms with Gasteiger partial charge in [-0.25, -0.2) is 4.98 Å². The van der Waals surface area contributed by atoms with Gasteiger partial charge >= 0.3 is 11.9 Å². The molecule has 10 nitrogen and oxygen atoms in total. The van der Waals surface area contributed by atoms with E-state index in [1.807, 2.05) is 36.4 Å². The van der Waals surface area contributed by atoms with E-state index in [1.165, 1.54) is 18.2 Å². The molecule has 10 heteroatoms. The molecule has 180 valence electrons. The molecule has 1 heterocycles. The maximum atomic E-state index is 11.1. The number of fused-ring (bicyclic) bond motifs is 2. The van der Waals surface area contributed by atoms with Gasteiger partial charge in [0.25, 0.3) is 5.69 Å². The molecular weight excluding hydrogens is 456 g/mol. The lowest BCUT2D eigenvalue weighted by Gasteiger charge is -2.12. The van der Waals surface area contributed by atoms with E-state index in [0.29, 0.717) is 48.3 Å². The molecule has 0 spiro atoms. The van der Waals surface area contributed by atoms with Gasteiger partial charge in [0, 0.05) is 6.07 Å². The summed E-state index contributed by atoms with van der Waals surface area (Å²) in [5, 5.41) is 30.9. The van der Waals surface area contributed by atoms with Gasteiger partial charge in [-0.2, -0.15) is 0 Å². The molecular formula is C25H22N2O8. The van der Waals surface area contributed by atoms with Crippen molar-refractivity contribution in [3.8, 4) is 17.2 Å². The molecule has 0 saturated heterocycles. The summed E-state index contributed by atoms with van der Waals surface area (Å²) in [7, 11) is 0. The van der Waals surface area contributed by atoms with Crippen molar-refractivity contribution in [3.63, 3.8) is 0 Å². The Bertz CT molecular complexity index is 1400. The van der Waals surface area contributed by atoms with Crippen LogP contribution in [-0.4, -0.2) is 38.7 Å². The SMILES string of the molecule is O=C(O)C(CCCCCOc1cc2ccccc2cc1-c1nc2ccc([N+](=O)[O-])cc2o1)C(=O)O. The quantitative estimate of drug-likeness (QED) is 0.127. The standard InChI is InChI=1S/C25H22N2O8/c28-24(29)18(25(30)31)8-2-1-5-11-34-21-13-16-7-4-3-6-15(16)12-19(21)23-26-20-10-9-17(27(32)33)14-22(20)35-23/h3-4,6-7,9-10,12-14,18H,1-2,5,8,11H2,(H,28,29)(H,30,31). The van der Waals surface area contributed by atoms with Crippen molar-refractivity contribution in [3.05, 3.63) is 64.7 Å². The van der Waals surface area contributed by atoms with E-state index in [1.54, 1.807) is 0 Å². The number of nitrogens with zero attached hydrogens (tertiary/aromatic N) is 2. The molecule has 0 unspecified atom stereocenters. The smallest absolute Gasteiger partial charge is 0.317 e. The van der Waals surface area contributed by atoms with Crippen molar-refractivity contribution in [2.45, 2.75) is 25.7 Å². The van der Waals surface area contributed by atoms with Crippen molar-refractivity contribution in [1.29, 1.82) is 0 Å². The minimum absolute atomic E-state index is 0.0565. The summed E-state index contributed by atoms with van der Waals surface area (Å²) in [4.78, 5) is 37.0. The molecule has 0 fully saturated rings. The largest absolute Gasteiger partial charge is 0.493 e. The lowest BCUT2D eigenvalue weighted by atomic mass is 10.0. The minimum Gasteiger partial charge on any atom is -0.493 e. The number of aliphatic carboxylic acids is 2. The Balaban J connectivity index is 1.52. The van der Waals surface area contributed by atoms with Crippen LogP contribution >= 0.6 is 0 Å². The van der Waals surface area contributed by atoms with Crippen LogP contribution in [0.25, 0.3) is 33.3 Å². The number of nitro groups is 1. The summed E-state index contributed by atoms with van der Waals surface area (Å²) < 4.78 is 11.9. The second-order valence-electron chi connectivity index (χ2n) is 8.05. The number of aromatic nitrogens is 1. The molecule has 3 aromatic carbocycles. The van der Waals surface area contributed by atoms with Crippen LogP contribution < -0.4 is 4.74 Å². The van der Waals surface area contributed by atoms with Gasteiger partial charge < -0.3 is 19.4 Å². The van der Waals surface area contributed by atoms with Gasteiger partial charge in [-0.1, -0.05) is 37.1 Å². The minimum atomic E-state index is -1.40. The number of rotatable bonds is 11. The van der Waals surface area contributed by atoms with E-state index in [4.69, 9.17) is 19.4 Å². The number of unbranched alkanes of at least 4 members (excludes halogenated alkanes) is 2. The number of carboxylic acids is 2. The predicted molar refractivity (Wildman–Crippen MR) is 126 cm³/mol. The molecule has 2 N–H and O–H groups in total.